The fourth-order valence-corrected chi connectivity index (χ4v) is 2.54. The van der Waals surface area contributed by atoms with Crippen LogP contribution in [0.3, 0.4) is 0 Å². The summed E-state index contributed by atoms with van der Waals surface area (Å²) in [5.41, 5.74) is 2.47. The predicted octanol–water partition coefficient (Wildman–Crippen LogP) is 3.35. The molecule has 8 nitrogen and oxygen atoms in total. The number of anilines is 1. The van der Waals surface area contributed by atoms with Gasteiger partial charge in [0.05, 0.1) is 23.0 Å². The van der Waals surface area contributed by atoms with Crippen molar-refractivity contribution >= 4 is 23.6 Å². The van der Waals surface area contributed by atoms with Gasteiger partial charge in [-0.1, -0.05) is 6.07 Å². The Morgan fingerprint density at radius 3 is 2.61 bits per heavy atom. The lowest BCUT2D eigenvalue weighted by atomic mass is 10.1. The molecule has 0 radical (unpaired) electrons. The summed E-state index contributed by atoms with van der Waals surface area (Å²) in [6.07, 6.45) is 0.583. The summed E-state index contributed by atoms with van der Waals surface area (Å²) in [5, 5.41) is 19.7. The van der Waals surface area contributed by atoms with E-state index in [-0.39, 0.29) is 36.6 Å². The van der Waals surface area contributed by atoms with Crippen molar-refractivity contribution in [3.8, 4) is 11.8 Å². The maximum absolute atomic E-state index is 12.7. The number of carbonyl (C=O) groups excluding carboxylic acids is 2. The fraction of sp³-hybridized carbons (Fsp3) is 0.250. The number of benzene rings is 2. The molecule has 0 aliphatic heterocycles. The third kappa shape index (κ3) is 4.92. The first-order valence-electron chi connectivity index (χ1n) is 8.48. The first kappa shape index (κ1) is 20.6. The molecule has 0 atom stereocenters. The van der Waals surface area contributed by atoms with Crippen LogP contribution in [0.5, 0.6) is 5.75 Å². The van der Waals surface area contributed by atoms with Crippen LogP contribution in [0.1, 0.15) is 27.9 Å². The lowest BCUT2D eigenvalue weighted by Gasteiger charge is -2.23. The van der Waals surface area contributed by atoms with Crippen LogP contribution in [0.25, 0.3) is 0 Å². The number of hydrogen-bond donors (Lipinski definition) is 0. The second-order valence-electron chi connectivity index (χ2n) is 6.11. The molecule has 1 amide bonds. The van der Waals surface area contributed by atoms with Crippen LogP contribution in [0, 0.1) is 35.3 Å². The third-order valence-corrected chi connectivity index (χ3v) is 4.23. The monoisotopic (exact) mass is 381 g/mol. The largest absolute Gasteiger partial charge is 0.483 e. The average molecular weight is 381 g/mol. The topological polar surface area (TPSA) is 114 Å². The molecule has 2 aromatic carbocycles. The highest BCUT2D eigenvalue weighted by Crippen LogP contribution is 2.24. The second-order valence-corrected chi connectivity index (χ2v) is 6.11. The van der Waals surface area contributed by atoms with Gasteiger partial charge in [0.1, 0.15) is 5.75 Å². The number of amides is 1. The Kier molecular flexibility index (Phi) is 6.82. The average Bonchev–Trinajstić information content (AvgIpc) is 2.68. The quantitative estimate of drug-likeness (QED) is 0.393. The summed E-state index contributed by atoms with van der Waals surface area (Å²) in [7, 11) is 0. The van der Waals surface area contributed by atoms with Crippen LogP contribution in [0.15, 0.2) is 36.4 Å². The molecule has 0 spiro atoms. The van der Waals surface area contributed by atoms with Gasteiger partial charge >= 0.3 is 0 Å². The Hall–Kier alpha value is -3.73. The summed E-state index contributed by atoms with van der Waals surface area (Å²) in [6.45, 7) is 3.70. The number of rotatable bonds is 8. The minimum absolute atomic E-state index is 0.0169. The van der Waals surface area contributed by atoms with Gasteiger partial charge < -0.3 is 9.64 Å². The lowest BCUT2D eigenvalue weighted by molar-refractivity contribution is -0.384. The van der Waals surface area contributed by atoms with E-state index in [1.807, 2.05) is 32.0 Å². The molecule has 0 aliphatic rings. The Labute approximate surface area is 162 Å². The normalized spacial score (nSPS) is 10.0. The molecule has 0 N–H and O–H groups in total. The molecule has 0 saturated carbocycles. The highest BCUT2D eigenvalue weighted by atomic mass is 16.6. The number of aryl methyl sites for hydroxylation is 2. The molecule has 0 heterocycles. The van der Waals surface area contributed by atoms with Gasteiger partial charge in [0.15, 0.2) is 12.9 Å². The SMILES string of the molecule is Cc1ccc(N(CCC#N)C(=O)COc2ccc([N+](=O)[O-])cc2C=O)cc1C. The predicted molar refractivity (Wildman–Crippen MR) is 102 cm³/mol. The van der Waals surface area contributed by atoms with Crippen LogP contribution in [-0.2, 0) is 4.79 Å². The van der Waals surface area contributed by atoms with Crippen molar-refractivity contribution < 1.29 is 19.2 Å². The molecule has 2 rings (SSSR count). The van der Waals surface area contributed by atoms with Crippen molar-refractivity contribution in [3.63, 3.8) is 0 Å². The zero-order valence-corrected chi connectivity index (χ0v) is 15.5. The van der Waals surface area contributed by atoms with Gasteiger partial charge in [0.25, 0.3) is 11.6 Å². The zero-order chi connectivity index (χ0) is 20.7. The van der Waals surface area contributed by atoms with Crippen molar-refractivity contribution in [2.24, 2.45) is 0 Å². The molecular formula is C20H19N3O5. The van der Waals surface area contributed by atoms with E-state index in [0.717, 1.165) is 17.2 Å². The van der Waals surface area contributed by atoms with E-state index >= 15 is 0 Å². The first-order valence-corrected chi connectivity index (χ1v) is 8.48. The second kappa shape index (κ2) is 9.28. The molecule has 8 heteroatoms. The standard InChI is InChI=1S/C20H19N3O5/c1-14-4-5-17(10-15(14)2)22(9-3-8-21)20(25)13-28-19-7-6-18(23(26)27)11-16(19)12-24/h4-7,10-12H,3,9,13H2,1-2H3. The number of aldehydes is 1. The Bertz CT molecular complexity index is 949. The Balaban J connectivity index is 2.19. The van der Waals surface area contributed by atoms with E-state index in [0.29, 0.717) is 12.0 Å². The number of nitrogens with zero attached hydrogens (tertiary/aromatic N) is 3. The number of hydrogen-bond acceptors (Lipinski definition) is 6. The van der Waals surface area contributed by atoms with E-state index in [9.17, 15) is 19.7 Å². The van der Waals surface area contributed by atoms with E-state index in [4.69, 9.17) is 10.00 Å². The number of non-ortho nitro benzene ring substituents is 1. The fourth-order valence-electron chi connectivity index (χ4n) is 2.54. The van der Waals surface area contributed by atoms with E-state index in [1.165, 1.54) is 17.0 Å². The molecule has 144 valence electrons. The van der Waals surface area contributed by atoms with Crippen molar-refractivity contribution in [1.29, 1.82) is 5.26 Å². The maximum atomic E-state index is 12.7. The van der Waals surface area contributed by atoms with Crippen molar-refractivity contribution in [2.75, 3.05) is 18.1 Å². The number of ether oxygens (including phenoxy) is 1. The molecule has 28 heavy (non-hydrogen) atoms. The molecule has 0 saturated heterocycles. The number of carbonyl (C=O) groups is 2. The van der Waals surface area contributed by atoms with Gasteiger partial charge in [-0.2, -0.15) is 5.26 Å². The van der Waals surface area contributed by atoms with Crippen LogP contribution in [0.2, 0.25) is 0 Å². The van der Waals surface area contributed by atoms with Gasteiger partial charge in [-0.05, 0) is 43.2 Å². The molecule has 0 unspecified atom stereocenters. The summed E-state index contributed by atoms with van der Waals surface area (Å²) >= 11 is 0. The van der Waals surface area contributed by atoms with Gasteiger partial charge in [-0.25, -0.2) is 0 Å². The van der Waals surface area contributed by atoms with Crippen LogP contribution >= 0.6 is 0 Å². The summed E-state index contributed by atoms with van der Waals surface area (Å²) in [6, 6.07) is 11.1. The minimum atomic E-state index is -0.620. The van der Waals surface area contributed by atoms with Crippen LogP contribution in [0.4, 0.5) is 11.4 Å². The zero-order valence-electron chi connectivity index (χ0n) is 15.5. The maximum Gasteiger partial charge on any atom is 0.270 e. The molecule has 0 fully saturated rings. The Morgan fingerprint density at radius 2 is 2.00 bits per heavy atom. The van der Waals surface area contributed by atoms with E-state index < -0.39 is 10.8 Å². The van der Waals surface area contributed by atoms with Crippen molar-refractivity contribution in [3.05, 3.63) is 63.2 Å². The van der Waals surface area contributed by atoms with Gasteiger partial charge in [-0.3, -0.25) is 19.7 Å². The summed E-state index contributed by atoms with van der Waals surface area (Å²) in [4.78, 5) is 35.5. The molecule has 2 aromatic rings. The third-order valence-electron chi connectivity index (χ3n) is 4.23. The van der Waals surface area contributed by atoms with Gasteiger partial charge in [0, 0.05) is 24.4 Å². The lowest BCUT2D eigenvalue weighted by Crippen LogP contribution is -2.36. The van der Waals surface area contributed by atoms with Gasteiger partial charge in [-0.15, -0.1) is 0 Å². The number of nitro benzene ring substituents is 1. The van der Waals surface area contributed by atoms with Crippen LogP contribution in [-0.4, -0.2) is 30.3 Å². The summed E-state index contributed by atoms with van der Waals surface area (Å²) < 4.78 is 5.43. The first-order chi connectivity index (χ1) is 13.4. The number of nitriles is 1. The van der Waals surface area contributed by atoms with Crippen molar-refractivity contribution in [2.45, 2.75) is 20.3 Å². The highest BCUT2D eigenvalue weighted by molar-refractivity contribution is 5.94. The highest BCUT2D eigenvalue weighted by Gasteiger charge is 2.18. The molecular weight excluding hydrogens is 362 g/mol. The van der Waals surface area contributed by atoms with E-state index in [1.54, 1.807) is 6.07 Å². The summed E-state index contributed by atoms with van der Waals surface area (Å²) in [5.74, 6) is -0.317. The molecule has 0 aromatic heterocycles. The minimum Gasteiger partial charge on any atom is -0.483 e. The Morgan fingerprint density at radius 1 is 1.25 bits per heavy atom. The number of nitro groups is 1. The van der Waals surface area contributed by atoms with Crippen LogP contribution < -0.4 is 9.64 Å². The van der Waals surface area contributed by atoms with E-state index in [2.05, 4.69) is 0 Å². The molecule has 0 bridgehead atoms. The smallest absolute Gasteiger partial charge is 0.270 e. The van der Waals surface area contributed by atoms with Gasteiger partial charge in [0.2, 0.25) is 0 Å². The molecule has 0 aliphatic carbocycles. The van der Waals surface area contributed by atoms with Crippen molar-refractivity contribution in [1.82, 2.24) is 0 Å².